The fourth-order valence-corrected chi connectivity index (χ4v) is 1.98. The lowest BCUT2D eigenvalue weighted by Gasteiger charge is -2.23. The molecule has 2 N–H and O–H groups in total. The Morgan fingerprint density at radius 1 is 1.47 bits per heavy atom. The molecule has 0 saturated carbocycles. The van der Waals surface area contributed by atoms with Crippen LogP contribution >= 0.6 is 0 Å². The molecule has 1 fully saturated rings. The lowest BCUT2D eigenvalue weighted by molar-refractivity contribution is -0.0113. The second-order valence-corrected chi connectivity index (χ2v) is 5.67. The normalized spacial score (nSPS) is 25.8. The van der Waals surface area contributed by atoms with Gasteiger partial charge in [-0.1, -0.05) is 0 Å². The van der Waals surface area contributed by atoms with Gasteiger partial charge in [0, 0.05) is 19.1 Å². The van der Waals surface area contributed by atoms with Crippen molar-refractivity contribution in [2.75, 3.05) is 26.2 Å². The number of hydrogen-bond donors (Lipinski definition) is 1. The first-order chi connectivity index (χ1) is 6.88. The third kappa shape index (κ3) is 4.96. The van der Waals surface area contributed by atoms with Crippen molar-refractivity contribution in [3.05, 3.63) is 0 Å². The van der Waals surface area contributed by atoms with Crippen LogP contribution in [0.1, 0.15) is 34.1 Å². The van der Waals surface area contributed by atoms with E-state index in [1.165, 1.54) is 13.0 Å². The van der Waals surface area contributed by atoms with Crippen LogP contribution in [0.5, 0.6) is 0 Å². The van der Waals surface area contributed by atoms with Gasteiger partial charge in [0.25, 0.3) is 0 Å². The maximum atomic E-state index is 5.90. The molecule has 3 heteroatoms. The number of rotatable bonds is 4. The van der Waals surface area contributed by atoms with Crippen LogP contribution in [-0.2, 0) is 4.74 Å². The fourth-order valence-electron chi connectivity index (χ4n) is 1.98. The summed E-state index contributed by atoms with van der Waals surface area (Å²) in [6.45, 7) is 12.6. The highest BCUT2D eigenvalue weighted by Crippen LogP contribution is 2.18. The Kier molecular flexibility index (Phi) is 4.56. The van der Waals surface area contributed by atoms with E-state index in [4.69, 9.17) is 10.5 Å². The summed E-state index contributed by atoms with van der Waals surface area (Å²) in [6, 6.07) is 0.332. The van der Waals surface area contributed by atoms with Gasteiger partial charge in [-0.2, -0.15) is 0 Å². The molecule has 0 bridgehead atoms. The molecular weight excluding hydrogens is 188 g/mol. The summed E-state index contributed by atoms with van der Waals surface area (Å²) >= 11 is 0. The Labute approximate surface area is 94.0 Å². The SMILES string of the molecule is CC(N)C1CCN(CCOC(C)(C)C)C1. The molecule has 1 aliphatic rings. The van der Waals surface area contributed by atoms with E-state index in [-0.39, 0.29) is 5.60 Å². The quantitative estimate of drug-likeness (QED) is 0.770. The molecule has 0 amide bonds. The van der Waals surface area contributed by atoms with E-state index < -0.39 is 0 Å². The second kappa shape index (κ2) is 5.28. The van der Waals surface area contributed by atoms with Gasteiger partial charge in [-0.3, -0.25) is 0 Å². The summed E-state index contributed by atoms with van der Waals surface area (Å²) in [5, 5.41) is 0. The summed E-state index contributed by atoms with van der Waals surface area (Å²) < 4.78 is 5.71. The van der Waals surface area contributed by atoms with E-state index >= 15 is 0 Å². The molecular formula is C12H26N2O. The topological polar surface area (TPSA) is 38.5 Å². The van der Waals surface area contributed by atoms with Crippen molar-refractivity contribution in [1.29, 1.82) is 0 Å². The maximum absolute atomic E-state index is 5.90. The molecule has 15 heavy (non-hydrogen) atoms. The molecule has 0 radical (unpaired) electrons. The first-order valence-electron chi connectivity index (χ1n) is 6.00. The van der Waals surface area contributed by atoms with Crippen molar-refractivity contribution in [1.82, 2.24) is 4.90 Å². The van der Waals surface area contributed by atoms with Crippen LogP contribution in [0.25, 0.3) is 0 Å². The first-order valence-corrected chi connectivity index (χ1v) is 6.00. The number of nitrogens with zero attached hydrogens (tertiary/aromatic N) is 1. The standard InChI is InChI=1S/C12H26N2O/c1-10(13)11-5-6-14(9-11)7-8-15-12(2,3)4/h10-11H,5-9,13H2,1-4H3. The van der Waals surface area contributed by atoms with Crippen LogP contribution in [0.4, 0.5) is 0 Å². The monoisotopic (exact) mass is 214 g/mol. The average molecular weight is 214 g/mol. The zero-order valence-electron chi connectivity index (χ0n) is 10.6. The van der Waals surface area contributed by atoms with Crippen molar-refractivity contribution in [3.63, 3.8) is 0 Å². The molecule has 3 nitrogen and oxygen atoms in total. The molecule has 1 rings (SSSR count). The Morgan fingerprint density at radius 2 is 2.13 bits per heavy atom. The van der Waals surface area contributed by atoms with Crippen LogP contribution in [0, 0.1) is 5.92 Å². The molecule has 0 spiro atoms. The van der Waals surface area contributed by atoms with Gasteiger partial charge >= 0.3 is 0 Å². The third-order valence-corrected chi connectivity index (χ3v) is 2.99. The number of hydrogen-bond acceptors (Lipinski definition) is 3. The highest BCUT2D eigenvalue weighted by Gasteiger charge is 2.24. The number of nitrogens with two attached hydrogens (primary N) is 1. The average Bonchev–Trinajstić information content (AvgIpc) is 2.50. The molecule has 1 heterocycles. The van der Waals surface area contributed by atoms with E-state index in [2.05, 4.69) is 32.6 Å². The fraction of sp³-hybridized carbons (Fsp3) is 1.00. The van der Waals surface area contributed by atoms with Crippen LogP contribution in [0.15, 0.2) is 0 Å². The van der Waals surface area contributed by atoms with E-state index in [9.17, 15) is 0 Å². The lowest BCUT2D eigenvalue weighted by Crippen LogP contribution is -2.32. The summed E-state index contributed by atoms with van der Waals surface area (Å²) in [7, 11) is 0. The van der Waals surface area contributed by atoms with E-state index in [0.717, 1.165) is 19.7 Å². The molecule has 0 aromatic heterocycles. The van der Waals surface area contributed by atoms with E-state index in [1.807, 2.05) is 0 Å². The first kappa shape index (κ1) is 12.9. The Hall–Kier alpha value is -0.120. The van der Waals surface area contributed by atoms with Crippen LogP contribution < -0.4 is 5.73 Å². The summed E-state index contributed by atoms with van der Waals surface area (Å²) in [6.07, 6.45) is 1.24. The molecule has 90 valence electrons. The number of ether oxygens (including phenoxy) is 1. The van der Waals surface area contributed by atoms with Gasteiger partial charge in [0.15, 0.2) is 0 Å². The Balaban J connectivity index is 2.14. The Morgan fingerprint density at radius 3 is 2.60 bits per heavy atom. The smallest absolute Gasteiger partial charge is 0.0600 e. The van der Waals surface area contributed by atoms with Gasteiger partial charge in [-0.15, -0.1) is 0 Å². The van der Waals surface area contributed by atoms with Gasteiger partial charge < -0.3 is 15.4 Å². The van der Waals surface area contributed by atoms with Gasteiger partial charge in [0.2, 0.25) is 0 Å². The molecule has 1 saturated heterocycles. The molecule has 0 aromatic rings. The Bertz CT molecular complexity index is 187. The van der Waals surface area contributed by atoms with Gasteiger partial charge in [0.1, 0.15) is 0 Å². The van der Waals surface area contributed by atoms with Crippen molar-refractivity contribution in [3.8, 4) is 0 Å². The van der Waals surface area contributed by atoms with Crippen LogP contribution in [0.2, 0.25) is 0 Å². The lowest BCUT2D eigenvalue weighted by atomic mass is 10.0. The molecule has 0 aliphatic carbocycles. The van der Waals surface area contributed by atoms with Crippen molar-refractivity contribution in [2.45, 2.75) is 45.8 Å². The van der Waals surface area contributed by atoms with Crippen molar-refractivity contribution < 1.29 is 4.74 Å². The highest BCUT2D eigenvalue weighted by molar-refractivity contribution is 4.80. The predicted molar refractivity (Wildman–Crippen MR) is 63.9 cm³/mol. The minimum Gasteiger partial charge on any atom is -0.375 e. The van der Waals surface area contributed by atoms with Crippen LogP contribution in [-0.4, -0.2) is 42.8 Å². The largest absolute Gasteiger partial charge is 0.375 e. The maximum Gasteiger partial charge on any atom is 0.0600 e. The van der Waals surface area contributed by atoms with Crippen molar-refractivity contribution >= 4 is 0 Å². The van der Waals surface area contributed by atoms with Gasteiger partial charge in [-0.25, -0.2) is 0 Å². The highest BCUT2D eigenvalue weighted by atomic mass is 16.5. The molecule has 0 aromatic carbocycles. The number of likely N-dealkylation sites (tertiary alicyclic amines) is 1. The minimum atomic E-state index is -0.0136. The van der Waals surface area contributed by atoms with Crippen LogP contribution in [0.3, 0.4) is 0 Å². The minimum absolute atomic E-state index is 0.0136. The molecule has 2 atom stereocenters. The third-order valence-electron chi connectivity index (χ3n) is 2.99. The summed E-state index contributed by atoms with van der Waals surface area (Å²) in [4.78, 5) is 2.46. The van der Waals surface area contributed by atoms with Gasteiger partial charge in [0.05, 0.1) is 12.2 Å². The second-order valence-electron chi connectivity index (χ2n) is 5.67. The predicted octanol–water partition coefficient (Wildman–Crippen LogP) is 1.47. The van der Waals surface area contributed by atoms with E-state index in [0.29, 0.717) is 12.0 Å². The van der Waals surface area contributed by atoms with E-state index in [1.54, 1.807) is 0 Å². The molecule has 2 unspecified atom stereocenters. The summed E-state index contributed by atoms with van der Waals surface area (Å²) in [5.41, 5.74) is 5.89. The molecule has 1 aliphatic heterocycles. The zero-order chi connectivity index (χ0) is 11.5. The zero-order valence-corrected chi connectivity index (χ0v) is 10.6. The summed E-state index contributed by atoms with van der Waals surface area (Å²) in [5.74, 6) is 0.680. The van der Waals surface area contributed by atoms with Crippen molar-refractivity contribution in [2.24, 2.45) is 11.7 Å². The van der Waals surface area contributed by atoms with Gasteiger partial charge in [-0.05, 0) is 46.6 Å².